The summed E-state index contributed by atoms with van der Waals surface area (Å²) in [6, 6.07) is 0. The second-order valence-electron chi connectivity index (χ2n) is 5.78. The van der Waals surface area contributed by atoms with Gasteiger partial charge in [-0.3, -0.25) is 9.59 Å². The summed E-state index contributed by atoms with van der Waals surface area (Å²) in [4.78, 5) is 22.8. The highest BCUT2D eigenvalue weighted by atomic mass is 16.2. The van der Waals surface area contributed by atoms with Crippen molar-refractivity contribution in [3.05, 3.63) is 0 Å². The predicted molar refractivity (Wildman–Crippen MR) is 70.8 cm³/mol. The van der Waals surface area contributed by atoms with E-state index in [0.717, 1.165) is 19.5 Å². The Morgan fingerprint density at radius 1 is 1.44 bits per heavy atom. The van der Waals surface area contributed by atoms with E-state index in [1.165, 1.54) is 12.8 Å². The highest BCUT2D eigenvalue weighted by Crippen LogP contribution is 2.16. The van der Waals surface area contributed by atoms with E-state index in [1.807, 2.05) is 0 Å². The van der Waals surface area contributed by atoms with Crippen molar-refractivity contribution in [1.82, 2.24) is 10.6 Å². The molecule has 0 radical (unpaired) electrons. The Bertz CT molecular complexity index is 297. The lowest BCUT2D eigenvalue weighted by Gasteiger charge is -2.23. The van der Waals surface area contributed by atoms with E-state index in [9.17, 15) is 9.59 Å². The molecule has 1 atom stereocenters. The van der Waals surface area contributed by atoms with E-state index in [-0.39, 0.29) is 11.8 Å². The standard InChI is InChI=1S/C13H25N3O2/c1-13(2,12(14)18)9-16-11(17)6-5-10-4-3-7-15-8-10/h10,15H,3-9H2,1-2H3,(H2,14,18)(H,16,17). The number of amides is 2. The van der Waals surface area contributed by atoms with Crippen LogP contribution >= 0.6 is 0 Å². The van der Waals surface area contributed by atoms with Crippen molar-refractivity contribution in [2.75, 3.05) is 19.6 Å². The predicted octanol–water partition coefficient (Wildman–Crippen LogP) is 0.394. The third-order valence-corrected chi connectivity index (χ3v) is 3.57. The van der Waals surface area contributed by atoms with Gasteiger partial charge in [0.1, 0.15) is 0 Å². The van der Waals surface area contributed by atoms with Gasteiger partial charge < -0.3 is 16.4 Å². The summed E-state index contributed by atoms with van der Waals surface area (Å²) < 4.78 is 0. The van der Waals surface area contributed by atoms with Crippen molar-refractivity contribution in [2.45, 2.75) is 39.5 Å². The van der Waals surface area contributed by atoms with Gasteiger partial charge in [-0.1, -0.05) is 0 Å². The molecule has 0 aromatic heterocycles. The van der Waals surface area contributed by atoms with E-state index in [1.54, 1.807) is 13.8 Å². The quantitative estimate of drug-likeness (QED) is 0.642. The smallest absolute Gasteiger partial charge is 0.224 e. The zero-order valence-corrected chi connectivity index (χ0v) is 11.4. The zero-order valence-electron chi connectivity index (χ0n) is 11.4. The first-order chi connectivity index (χ1) is 8.42. The minimum atomic E-state index is -0.679. The van der Waals surface area contributed by atoms with Crippen LogP contribution in [-0.4, -0.2) is 31.4 Å². The Hall–Kier alpha value is -1.10. The summed E-state index contributed by atoms with van der Waals surface area (Å²) in [5, 5.41) is 6.12. The molecule has 18 heavy (non-hydrogen) atoms. The van der Waals surface area contributed by atoms with Crippen molar-refractivity contribution in [3.8, 4) is 0 Å². The molecular formula is C13H25N3O2. The fourth-order valence-electron chi connectivity index (χ4n) is 2.00. The van der Waals surface area contributed by atoms with Gasteiger partial charge in [-0.2, -0.15) is 0 Å². The van der Waals surface area contributed by atoms with Gasteiger partial charge in [0.05, 0.1) is 5.41 Å². The Balaban J connectivity index is 2.19. The van der Waals surface area contributed by atoms with Crippen LogP contribution in [0.2, 0.25) is 0 Å². The number of primary amides is 1. The fourth-order valence-corrected chi connectivity index (χ4v) is 2.00. The molecule has 5 heteroatoms. The van der Waals surface area contributed by atoms with Crippen LogP contribution in [0.25, 0.3) is 0 Å². The fraction of sp³-hybridized carbons (Fsp3) is 0.846. The normalized spacial score (nSPS) is 20.4. The van der Waals surface area contributed by atoms with E-state index >= 15 is 0 Å². The second kappa shape index (κ2) is 6.73. The molecule has 0 aromatic carbocycles. The largest absolute Gasteiger partial charge is 0.369 e. The number of rotatable bonds is 6. The summed E-state index contributed by atoms with van der Waals surface area (Å²) in [6.07, 6.45) is 3.84. The molecule has 1 unspecified atom stereocenters. The number of piperidine rings is 1. The molecule has 0 spiro atoms. The molecule has 1 heterocycles. The van der Waals surface area contributed by atoms with Gasteiger partial charge in [0.25, 0.3) is 0 Å². The summed E-state index contributed by atoms with van der Waals surface area (Å²) >= 11 is 0. The minimum absolute atomic E-state index is 0.00917. The van der Waals surface area contributed by atoms with Gasteiger partial charge in [-0.15, -0.1) is 0 Å². The third kappa shape index (κ3) is 5.04. The van der Waals surface area contributed by atoms with Crippen molar-refractivity contribution in [3.63, 3.8) is 0 Å². The van der Waals surface area contributed by atoms with Crippen LogP contribution in [0.1, 0.15) is 39.5 Å². The maximum atomic E-state index is 11.7. The number of carbonyl (C=O) groups excluding carboxylic acids is 2. The Labute approximate surface area is 109 Å². The average Bonchev–Trinajstić information content (AvgIpc) is 2.35. The first kappa shape index (κ1) is 15.0. The molecular weight excluding hydrogens is 230 g/mol. The van der Waals surface area contributed by atoms with Gasteiger partial charge in [0, 0.05) is 13.0 Å². The van der Waals surface area contributed by atoms with Crippen molar-refractivity contribution in [1.29, 1.82) is 0 Å². The molecule has 5 nitrogen and oxygen atoms in total. The van der Waals surface area contributed by atoms with Gasteiger partial charge in [-0.05, 0) is 52.1 Å². The van der Waals surface area contributed by atoms with Crippen LogP contribution in [0.4, 0.5) is 0 Å². The van der Waals surface area contributed by atoms with E-state index in [2.05, 4.69) is 10.6 Å². The minimum Gasteiger partial charge on any atom is -0.369 e. The number of hydrogen-bond acceptors (Lipinski definition) is 3. The number of nitrogens with one attached hydrogen (secondary N) is 2. The Morgan fingerprint density at radius 3 is 2.72 bits per heavy atom. The van der Waals surface area contributed by atoms with Crippen LogP contribution in [-0.2, 0) is 9.59 Å². The van der Waals surface area contributed by atoms with Crippen LogP contribution in [0, 0.1) is 11.3 Å². The van der Waals surface area contributed by atoms with Crippen LogP contribution in [0.3, 0.4) is 0 Å². The molecule has 0 aromatic rings. The number of hydrogen-bond donors (Lipinski definition) is 3. The maximum Gasteiger partial charge on any atom is 0.224 e. The van der Waals surface area contributed by atoms with E-state index in [4.69, 9.17) is 5.73 Å². The first-order valence-electron chi connectivity index (χ1n) is 6.69. The van der Waals surface area contributed by atoms with Crippen LogP contribution in [0.15, 0.2) is 0 Å². The molecule has 104 valence electrons. The highest BCUT2D eigenvalue weighted by molar-refractivity contribution is 5.82. The lowest BCUT2D eigenvalue weighted by atomic mass is 9.92. The monoisotopic (exact) mass is 255 g/mol. The highest BCUT2D eigenvalue weighted by Gasteiger charge is 2.25. The maximum absolute atomic E-state index is 11.7. The molecule has 1 aliphatic rings. The molecule has 4 N–H and O–H groups in total. The second-order valence-corrected chi connectivity index (χ2v) is 5.78. The lowest BCUT2D eigenvalue weighted by Crippen LogP contribution is -2.42. The van der Waals surface area contributed by atoms with Gasteiger partial charge >= 0.3 is 0 Å². The molecule has 1 rings (SSSR count). The third-order valence-electron chi connectivity index (χ3n) is 3.57. The molecule has 0 bridgehead atoms. The summed E-state index contributed by atoms with van der Waals surface area (Å²) in [6.45, 7) is 5.89. The molecule has 0 saturated carbocycles. The van der Waals surface area contributed by atoms with Gasteiger partial charge in [-0.25, -0.2) is 0 Å². The van der Waals surface area contributed by atoms with Crippen molar-refractivity contribution < 1.29 is 9.59 Å². The Kier molecular flexibility index (Phi) is 5.59. The SMILES string of the molecule is CC(C)(CNC(=O)CCC1CCCNC1)C(N)=O. The molecule has 2 amide bonds. The van der Waals surface area contributed by atoms with Gasteiger partial charge in [0.15, 0.2) is 0 Å². The number of carbonyl (C=O) groups is 2. The number of nitrogens with two attached hydrogens (primary N) is 1. The zero-order chi connectivity index (χ0) is 13.6. The average molecular weight is 255 g/mol. The lowest BCUT2D eigenvalue weighted by molar-refractivity contribution is -0.127. The van der Waals surface area contributed by atoms with Crippen LogP contribution < -0.4 is 16.4 Å². The summed E-state index contributed by atoms with van der Waals surface area (Å²) in [5.74, 6) is 0.225. The topological polar surface area (TPSA) is 84.2 Å². The molecule has 1 saturated heterocycles. The van der Waals surface area contributed by atoms with Crippen molar-refractivity contribution in [2.24, 2.45) is 17.1 Å². The van der Waals surface area contributed by atoms with Gasteiger partial charge in [0.2, 0.25) is 11.8 Å². The summed E-state index contributed by atoms with van der Waals surface area (Å²) in [7, 11) is 0. The van der Waals surface area contributed by atoms with Crippen LogP contribution in [0.5, 0.6) is 0 Å². The molecule has 1 aliphatic heterocycles. The first-order valence-corrected chi connectivity index (χ1v) is 6.69. The molecule has 1 fully saturated rings. The van der Waals surface area contributed by atoms with E-state index < -0.39 is 5.41 Å². The molecule has 0 aliphatic carbocycles. The summed E-state index contributed by atoms with van der Waals surface area (Å²) in [5.41, 5.74) is 4.57. The van der Waals surface area contributed by atoms with E-state index in [0.29, 0.717) is 18.9 Å². The van der Waals surface area contributed by atoms with Crippen molar-refractivity contribution >= 4 is 11.8 Å². The Morgan fingerprint density at radius 2 is 2.17 bits per heavy atom.